The second-order valence-electron chi connectivity index (χ2n) is 12.8. The topological polar surface area (TPSA) is 30.7 Å². The van der Waals surface area contributed by atoms with Crippen molar-refractivity contribution in [3.63, 3.8) is 0 Å². The van der Waals surface area contributed by atoms with Gasteiger partial charge in [-0.1, -0.05) is 115 Å². The van der Waals surface area contributed by atoms with Crippen LogP contribution in [0.3, 0.4) is 0 Å². The summed E-state index contributed by atoms with van der Waals surface area (Å²) in [6.07, 6.45) is 9.68. The van der Waals surface area contributed by atoms with E-state index < -0.39 is 0 Å². The molecular weight excluding hydrogens is 635 g/mol. The number of aromatic nitrogens is 3. The van der Waals surface area contributed by atoms with Crippen molar-refractivity contribution in [2.45, 2.75) is 12.3 Å². The molecule has 3 nitrogen and oxygen atoms in total. The molecule has 4 aromatic heterocycles. The molecule has 6 aromatic carbocycles. The van der Waals surface area contributed by atoms with E-state index in [0.29, 0.717) is 5.95 Å². The molecule has 49 heavy (non-hydrogen) atoms. The number of hydrogen-bond acceptors (Lipinski definition) is 4. The van der Waals surface area contributed by atoms with Gasteiger partial charge in [-0.2, -0.15) is 0 Å². The van der Waals surface area contributed by atoms with Gasteiger partial charge in [0.25, 0.3) is 0 Å². The average molecular weight is 662 g/mol. The Balaban J connectivity index is 1.37. The smallest absolute Gasteiger partial charge is 0.235 e. The molecule has 1 unspecified atom stereocenters. The Kier molecular flexibility index (Phi) is 5.82. The van der Waals surface area contributed by atoms with Crippen LogP contribution in [0.4, 0.5) is 0 Å². The van der Waals surface area contributed by atoms with Gasteiger partial charge in [-0.15, -0.1) is 22.7 Å². The normalized spacial score (nSPS) is 14.9. The first-order valence-corrected chi connectivity index (χ1v) is 18.3. The number of allylic oxidation sites excluding steroid dienone is 4. The maximum Gasteiger partial charge on any atom is 0.235 e. The summed E-state index contributed by atoms with van der Waals surface area (Å²) in [6, 6.07) is 44.0. The fraction of sp³-hybridized carbons (Fsp3) is 0.0455. The molecule has 5 heteroatoms. The zero-order valence-corrected chi connectivity index (χ0v) is 27.9. The van der Waals surface area contributed by atoms with E-state index >= 15 is 0 Å². The molecule has 230 valence electrons. The molecule has 0 radical (unpaired) electrons. The lowest BCUT2D eigenvalue weighted by Gasteiger charge is -2.17. The van der Waals surface area contributed by atoms with E-state index in [9.17, 15) is 0 Å². The van der Waals surface area contributed by atoms with Crippen molar-refractivity contribution in [2.24, 2.45) is 0 Å². The maximum atomic E-state index is 5.43. The Morgan fingerprint density at radius 2 is 1.31 bits per heavy atom. The Bertz CT molecular complexity index is 3030. The number of nitrogens with zero attached hydrogens (tertiary/aromatic N) is 3. The van der Waals surface area contributed by atoms with Gasteiger partial charge in [0.15, 0.2) is 0 Å². The average Bonchev–Trinajstić information content (AvgIpc) is 3.85. The van der Waals surface area contributed by atoms with Crippen molar-refractivity contribution in [1.29, 1.82) is 0 Å². The molecule has 0 spiro atoms. The van der Waals surface area contributed by atoms with Gasteiger partial charge in [-0.25, -0.2) is 9.97 Å². The third-order valence-corrected chi connectivity index (χ3v) is 12.4. The molecule has 0 aliphatic heterocycles. The highest BCUT2D eigenvalue weighted by molar-refractivity contribution is 7.27. The minimum atomic E-state index is 0.185. The molecule has 0 saturated heterocycles. The van der Waals surface area contributed by atoms with E-state index in [2.05, 4.69) is 150 Å². The highest BCUT2D eigenvalue weighted by Crippen LogP contribution is 2.51. The highest BCUT2D eigenvalue weighted by Gasteiger charge is 2.25. The van der Waals surface area contributed by atoms with Crippen LogP contribution in [0.1, 0.15) is 18.0 Å². The molecule has 1 aliphatic carbocycles. The fourth-order valence-corrected chi connectivity index (χ4v) is 10.4. The minimum absolute atomic E-state index is 0.185. The van der Waals surface area contributed by atoms with Crippen LogP contribution in [0.2, 0.25) is 0 Å². The van der Waals surface area contributed by atoms with E-state index in [1.165, 1.54) is 67.4 Å². The molecule has 11 rings (SSSR count). The maximum absolute atomic E-state index is 5.43. The van der Waals surface area contributed by atoms with E-state index in [4.69, 9.17) is 9.97 Å². The second kappa shape index (κ2) is 10.4. The van der Waals surface area contributed by atoms with E-state index in [-0.39, 0.29) is 5.92 Å². The van der Waals surface area contributed by atoms with Crippen LogP contribution >= 0.6 is 22.7 Å². The molecule has 1 aliphatic rings. The van der Waals surface area contributed by atoms with Crippen molar-refractivity contribution >= 4 is 95.6 Å². The van der Waals surface area contributed by atoms with Crippen LogP contribution in [0.5, 0.6) is 0 Å². The molecule has 1 atom stereocenters. The minimum Gasteiger partial charge on any atom is -0.277 e. The van der Waals surface area contributed by atoms with Crippen LogP contribution in [-0.4, -0.2) is 14.5 Å². The molecule has 0 N–H and O–H groups in total. The van der Waals surface area contributed by atoms with E-state index in [1.807, 2.05) is 22.7 Å². The van der Waals surface area contributed by atoms with Gasteiger partial charge >= 0.3 is 0 Å². The van der Waals surface area contributed by atoms with Crippen LogP contribution in [0.15, 0.2) is 146 Å². The van der Waals surface area contributed by atoms with Crippen LogP contribution in [0.25, 0.3) is 90.1 Å². The Labute approximate surface area is 289 Å². The largest absolute Gasteiger partial charge is 0.277 e. The van der Waals surface area contributed by atoms with Crippen LogP contribution < -0.4 is 0 Å². The van der Waals surface area contributed by atoms with Crippen molar-refractivity contribution in [3.8, 4) is 17.2 Å². The number of fused-ring (bicyclic) bond motifs is 14. The SMILES string of the molecule is C1=CCC(c2cc(-c3ccccc3)nc(-n3c4ccccc4c4c5sc6ccccc6c5c5c(ccc6sc7ccccc7c65)c43)n2)C=C1. The number of rotatable bonds is 3. The Morgan fingerprint density at radius 1 is 0.571 bits per heavy atom. The summed E-state index contributed by atoms with van der Waals surface area (Å²) >= 11 is 3.79. The molecular formula is C44H27N3S2. The number of thiophene rings is 2. The first-order chi connectivity index (χ1) is 24.3. The number of hydrogen-bond donors (Lipinski definition) is 0. The first kappa shape index (κ1) is 27.3. The van der Waals surface area contributed by atoms with Gasteiger partial charge in [0.1, 0.15) is 0 Å². The van der Waals surface area contributed by atoms with Gasteiger partial charge in [-0.3, -0.25) is 4.57 Å². The predicted molar refractivity (Wildman–Crippen MR) is 211 cm³/mol. The molecule has 0 saturated carbocycles. The van der Waals surface area contributed by atoms with Crippen molar-refractivity contribution in [3.05, 3.63) is 151 Å². The quantitative estimate of drug-likeness (QED) is 0.189. The van der Waals surface area contributed by atoms with Gasteiger partial charge in [0.05, 0.1) is 22.4 Å². The lowest BCUT2D eigenvalue weighted by Crippen LogP contribution is -2.08. The molecule has 4 heterocycles. The van der Waals surface area contributed by atoms with Gasteiger partial charge < -0.3 is 0 Å². The zero-order chi connectivity index (χ0) is 32.1. The number of benzene rings is 6. The Hall–Kier alpha value is -5.62. The monoisotopic (exact) mass is 661 g/mol. The summed E-state index contributed by atoms with van der Waals surface area (Å²) in [5.41, 5.74) is 5.35. The van der Waals surface area contributed by atoms with Crippen molar-refractivity contribution in [2.75, 3.05) is 0 Å². The summed E-state index contributed by atoms with van der Waals surface area (Å²) in [5, 5.41) is 10.4. The molecule has 0 amide bonds. The molecule has 0 fully saturated rings. The van der Waals surface area contributed by atoms with E-state index in [0.717, 1.165) is 28.9 Å². The van der Waals surface area contributed by atoms with Crippen molar-refractivity contribution < 1.29 is 0 Å². The van der Waals surface area contributed by atoms with Crippen LogP contribution in [0, 0.1) is 0 Å². The zero-order valence-electron chi connectivity index (χ0n) is 26.3. The summed E-state index contributed by atoms with van der Waals surface area (Å²) < 4.78 is 7.61. The van der Waals surface area contributed by atoms with E-state index in [1.54, 1.807) is 0 Å². The summed E-state index contributed by atoms with van der Waals surface area (Å²) in [4.78, 5) is 10.8. The summed E-state index contributed by atoms with van der Waals surface area (Å²) in [6.45, 7) is 0. The van der Waals surface area contributed by atoms with Gasteiger partial charge in [0, 0.05) is 73.4 Å². The third kappa shape index (κ3) is 3.94. The third-order valence-electron chi connectivity index (χ3n) is 10.1. The van der Waals surface area contributed by atoms with Gasteiger partial charge in [0.2, 0.25) is 5.95 Å². The lowest BCUT2D eigenvalue weighted by atomic mass is 9.95. The number of para-hydroxylation sites is 1. The van der Waals surface area contributed by atoms with Gasteiger partial charge in [-0.05, 0) is 36.8 Å². The highest BCUT2D eigenvalue weighted by atomic mass is 32.1. The standard InChI is InChI=1S/C44H27N3S2/c1-3-13-26(14-4-1)32-25-33(27-15-5-2-6-16-27)46-44(45-32)47-34-20-10-7-17-28(34)41-42(47)31-23-24-37-38(29-18-8-11-21-35(29)48-37)39(31)40-30-19-9-12-22-36(30)49-43(40)41/h1-15,17-25,27H,16H2. The second-order valence-corrected chi connectivity index (χ2v) is 15.0. The fourth-order valence-electron chi connectivity index (χ4n) is 7.98. The summed E-state index contributed by atoms with van der Waals surface area (Å²) in [5.74, 6) is 0.896. The summed E-state index contributed by atoms with van der Waals surface area (Å²) in [7, 11) is 0. The lowest BCUT2D eigenvalue weighted by molar-refractivity contribution is 0.797. The van der Waals surface area contributed by atoms with Crippen molar-refractivity contribution in [1.82, 2.24) is 14.5 Å². The first-order valence-electron chi connectivity index (χ1n) is 16.7. The Morgan fingerprint density at radius 3 is 2.12 bits per heavy atom. The predicted octanol–water partition coefficient (Wildman–Crippen LogP) is 12.7. The molecule has 0 bridgehead atoms. The molecule has 10 aromatic rings. The van der Waals surface area contributed by atoms with Crippen LogP contribution in [-0.2, 0) is 0 Å².